The molecule has 1 aromatic heterocycles. The van der Waals surface area contributed by atoms with Gasteiger partial charge in [-0.3, -0.25) is 0 Å². The standard InChI is InChI=1S/C20H28N4O/c1-16-22-19(18-9-13-25-15-18)14-20(23-16)21-10-12-24(2)11-8-17-6-4-3-5-7-17/h3-7,14,18H,8-13,15H2,1-2H3,(H,21,22,23)/t18-/m1/s1. The van der Waals surface area contributed by atoms with Gasteiger partial charge in [-0.2, -0.15) is 0 Å². The van der Waals surface area contributed by atoms with E-state index in [0.29, 0.717) is 5.92 Å². The van der Waals surface area contributed by atoms with Crippen LogP contribution >= 0.6 is 0 Å². The molecule has 134 valence electrons. The Labute approximate surface area is 150 Å². The fourth-order valence-corrected chi connectivity index (χ4v) is 3.11. The van der Waals surface area contributed by atoms with Gasteiger partial charge >= 0.3 is 0 Å². The fraction of sp³-hybridized carbons (Fsp3) is 0.500. The molecule has 1 atom stereocenters. The summed E-state index contributed by atoms with van der Waals surface area (Å²) in [6.07, 6.45) is 2.13. The topological polar surface area (TPSA) is 50.3 Å². The highest BCUT2D eigenvalue weighted by atomic mass is 16.5. The summed E-state index contributed by atoms with van der Waals surface area (Å²) in [5, 5.41) is 3.44. The van der Waals surface area contributed by atoms with E-state index in [0.717, 1.165) is 63.0 Å². The molecule has 1 N–H and O–H groups in total. The molecule has 0 radical (unpaired) electrons. The normalized spacial score (nSPS) is 17.2. The van der Waals surface area contributed by atoms with Gasteiger partial charge in [0.1, 0.15) is 11.6 Å². The van der Waals surface area contributed by atoms with Gasteiger partial charge in [-0.1, -0.05) is 30.3 Å². The number of rotatable bonds is 8. The molecule has 1 aliphatic rings. The van der Waals surface area contributed by atoms with Crippen molar-refractivity contribution in [2.75, 3.05) is 45.2 Å². The first kappa shape index (κ1) is 17.8. The Balaban J connectivity index is 1.45. The molecule has 0 aliphatic carbocycles. The average molecular weight is 340 g/mol. The molecule has 3 rings (SSSR count). The molecule has 0 amide bonds. The largest absolute Gasteiger partial charge is 0.381 e. The quantitative estimate of drug-likeness (QED) is 0.801. The van der Waals surface area contributed by atoms with E-state index in [-0.39, 0.29) is 0 Å². The smallest absolute Gasteiger partial charge is 0.129 e. The lowest BCUT2D eigenvalue weighted by atomic mass is 10.0. The first-order valence-corrected chi connectivity index (χ1v) is 9.10. The number of aryl methyl sites for hydroxylation is 1. The van der Waals surface area contributed by atoms with Crippen LogP contribution in [0.1, 0.15) is 29.4 Å². The van der Waals surface area contributed by atoms with Gasteiger partial charge < -0.3 is 15.0 Å². The summed E-state index contributed by atoms with van der Waals surface area (Å²) in [5.74, 6) is 2.16. The van der Waals surface area contributed by atoms with E-state index in [1.807, 2.05) is 6.92 Å². The maximum Gasteiger partial charge on any atom is 0.129 e. The maximum atomic E-state index is 5.48. The summed E-state index contributed by atoms with van der Waals surface area (Å²) >= 11 is 0. The highest BCUT2D eigenvalue weighted by molar-refractivity contribution is 5.37. The monoisotopic (exact) mass is 340 g/mol. The van der Waals surface area contributed by atoms with E-state index in [1.165, 1.54) is 5.56 Å². The summed E-state index contributed by atoms with van der Waals surface area (Å²) in [6.45, 7) is 6.48. The Morgan fingerprint density at radius 2 is 2.04 bits per heavy atom. The van der Waals surface area contributed by atoms with Gasteiger partial charge in [0.05, 0.1) is 12.3 Å². The van der Waals surface area contributed by atoms with Crippen LogP contribution in [0.5, 0.6) is 0 Å². The second kappa shape index (κ2) is 8.92. The van der Waals surface area contributed by atoms with Crippen molar-refractivity contribution in [2.24, 2.45) is 0 Å². The van der Waals surface area contributed by atoms with Crippen LogP contribution in [0.25, 0.3) is 0 Å². The van der Waals surface area contributed by atoms with Crippen molar-refractivity contribution >= 4 is 5.82 Å². The van der Waals surface area contributed by atoms with E-state index in [9.17, 15) is 0 Å². The lowest BCUT2D eigenvalue weighted by Crippen LogP contribution is -2.27. The second-order valence-electron chi connectivity index (χ2n) is 6.75. The van der Waals surface area contributed by atoms with Gasteiger partial charge in [-0.25, -0.2) is 9.97 Å². The Bertz CT molecular complexity index is 656. The average Bonchev–Trinajstić information content (AvgIpc) is 3.15. The summed E-state index contributed by atoms with van der Waals surface area (Å²) < 4.78 is 5.48. The molecule has 5 nitrogen and oxygen atoms in total. The minimum Gasteiger partial charge on any atom is -0.381 e. The number of nitrogens with one attached hydrogen (secondary N) is 1. The number of benzene rings is 1. The van der Waals surface area contributed by atoms with E-state index in [2.05, 4.69) is 63.6 Å². The minimum atomic E-state index is 0.413. The zero-order valence-electron chi connectivity index (χ0n) is 15.2. The van der Waals surface area contributed by atoms with Crippen LogP contribution in [0.3, 0.4) is 0 Å². The van der Waals surface area contributed by atoms with Crippen molar-refractivity contribution < 1.29 is 4.74 Å². The Morgan fingerprint density at radius 1 is 1.20 bits per heavy atom. The number of nitrogens with zero attached hydrogens (tertiary/aromatic N) is 3. The minimum absolute atomic E-state index is 0.413. The molecule has 1 fully saturated rings. The maximum absolute atomic E-state index is 5.48. The van der Waals surface area contributed by atoms with Crippen molar-refractivity contribution in [1.82, 2.24) is 14.9 Å². The molecule has 0 unspecified atom stereocenters. The highest BCUT2D eigenvalue weighted by Crippen LogP contribution is 2.24. The molecule has 2 aromatic rings. The molecule has 1 aromatic carbocycles. The van der Waals surface area contributed by atoms with Crippen molar-refractivity contribution in [3.63, 3.8) is 0 Å². The molecular formula is C20H28N4O. The number of aromatic nitrogens is 2. The van der Waals surface area contributed by atoms with Crippen LogP contribution in [0, 0.1) is 6.92 Å². The number of anilines is 1. The van der Waals surface area contributed by atoms with Crippen LogP contribution in [-0.2, 0) is 11.2 Å². The molecule has 0 saturated carbocycles. The highest BCUT2D eigenvalue weighted by Gasteiger charge is 2.20. The first-order valence-electron chi connectivity index (χ1n) is 9.10. The van der Waals surface area contributed by atoms with Crippen LogP contribution in [0.4, 0.5) is 5.82 Å². The first-order chi connectivity index (χ1) is 12.2. The zero-order valence-corrected chi connectivity index (χ0v) is 15.2. The van der Waals surface area contributed by atoms with Gasteiger partial charge in [0.2, 0.25) is 0 Å². The van der Waals surface area contributed by atoms with Gasteiger partial charge in [0.15, 0.2) is 0 Å². The van der Waals surface area contributed by atoms with Gasteiger partial charge in [-0.15, -0.1) is 0 Å². The number of hydrogen-bond acceptors (Lipinski definition) is 5. The molecule has 0 bridgehead atoms. The van der Waals surface area contributed by atoms with Crippen molar-refractivity contribution in [2.45, 2.75) is 25.7 Å². The molecule has 0 spiro atoms. The van der Waals surface area contributed by atoms with Crippen molar-refractivity contribution in [1.29, 1.82) is 0 Å². The van der Waals surface area contributed by atoms with E-state index < -0.39 is 0 Å². The zero-order chi connectivity index (χ0) is 17.5. The number of likely N-dealkylation sites (N-methyl/N-ethyl adjacent to an activating group) is 1. The van der Waals surface area contributed by atoms with E-state index in [1.54, 1.807) is 0 Å². The molecule has 2 heterocycles. The third-order valence-electron chi connectivity index (χ3n) is 4.63. The van der Waals surface area contributed by atoms with Gasteiger partial charge in [0, 0.05) is 38.2 Å². The molecular weight excluding hydrogens is 312 g/mol. The van der Waals surface area contributed by atoms with Crippen molar-refractivity contribution in [3.8, 4) is 0 Å². The van der Waals surface area contributed by atoms with Gasteiger partial charge in [0.25, 0.3) is 0 Å². The Morgan fingerprint density at radius 3 is 2.80 bits per heavy atom. The summed E-state index contributed by atoms with van der Waals surface area (Å²) in [7, 11) is 2.16. The second-order valence-corrected chi connectivity index (χ2v) is 6.75. The Hall–Kier alpha value is -1.98. The molecule has 25 heavy (non-hydrogen) atoms. The number of hydrogen-bond donors (Lipinski definition) is 1. The van der Waals surface area contributed by atoms with Gasteiger partial charge in [-0.05, 0) is 32.4 Å². The van der Waals surface area contributed by atoms with Crippen LogP contribution in [0.2, 0.25) is 0 Å². The number of ether oxygens (including phenoxy) is 1. The molecule has 1 aliphatic heterocycles. The van der Waals surface area contributed by atoms with Crippen LogP contribution in [-0.4, -0.2) is 54.8 Å². The molecule has 5 heteroatoms. The van der Waals surface area contributed by atoms with E-state index in [4.69, 9.17) is 4.74 Å². The predicted molar refractivity (Wildman–Crippen MR) is 101 cm³/mol. The summed E-state index contributed by atoms with van der Waals surface area (Å²) in [6, 6.07) is 12.7. The third kappa shape index (κ3) is 5.51. The van der Waals surface area contributed by atoms with Crippen LogP contribution in [0.15, 0.2) is 36.4 Å². The lowest BCUT2D eigenvalue weighted by molar-refractivity contribution is 0.193. The fourth-order valence-electron chi connectivity index (χ4n) is 3.11. The summed E-state index contributed by atoms with van der Waals surface area (Å²) in [5.41, 5.74) is 2.49. The Kier molecular flexibility index (Phi) is 6.36. The van der Waals surface area contributed by atoms with Crippen LogP contribution < -0.4 is 5.32 Å². The molecule has 1 saturated heterocycles. The third-order valence-corrected chi connectivity index (χ3v) is 4.63. The van der Waals surface area contributed by atoms with Crippen molar-refractivity contribution in [3.05, 3.63) is 53.5 Å². The van der Waals surface area contributed by atoms with E-state index >= 15 is 0 Å². The SMILES string of the molecule is Cc1nc(NCCN(C)CCc2ccccc2)cc([C@@H]2CCOC2)n1. The lowest BCUT2D eigenvalue weighted by Gasteiger charge is -2.17. The summed E-state index contributed by atoms with van der Waals surface area (Å²) in [4.78, 5) is 11.4. The predicted octanol–water partition coefficient (Wildman–Crippen LogP) is 2.88.